The first-order valence-electron chi connectivity index (χ1n) is 12.6. The molecule has 37 heavy (non-hydrogen) atoms. The van der Waals surface area contributed by atoms with Gasteiger partial charge in [0.2, 0.25) is 0 Å². The molecular formula is C28H28N6O3. The number of nitrogens with zero attached hydrogens (tertiary/aromatic N) is 6. The van der Waals surface area contributed by atoms with E-state index >= 15 is 0 Å². The van der Waals surface area contributed by atoms with E-state index in [0.29, 0.717) is 60.4 Å². The average molecular weight is 497 g/mol. The molecule has 9 nitrogen and oxygen atoms in total. The number of ether oxygens (including phenoxy) is 3. The smallest absolute Gasteiger partial charge is 0.161 e. The van der Waals surface area contributed by atoms with Gasteiger partial charge in [0.25, 0.3) is 0 Å². The van der Waals surface area contributed by atoms with Crippen LogP contribution in [-0.4, -0.2) is 53.2 Å². The molecule has 1 aliphatic carbocycles. The van der Waals surface area contributed by atoms with Crippen molar-refractivity contribution in [3.63, 3.8) is 0 Å². The lowest BCUT2D eigenvalue weighted by molar-refractivity contribution is 0.122. The molecule has 0 atom stereocenters. The molecule has 2 aromatic heterocycles. The van der Waals surface area contributed by atoms with Crippen LogP contribution < -0.4 is 14.4 Å². The summed E-state index contributed by atoms with van der Waals surface area (Å²) in [6.45, 7) is 3.28. The molecule has 6 rings (SSSR count). The van der Waals surface area contributed by atoms with Crippen molar-refractivity contribution >= 4 is 16.9 Å². The minimum atomic E-state index is 0.426. The number of hydrogen-bond donors (Lipinski definition) is 0. The van der Waals surface area contributed by atoms with Crippen molar-refractivity contribution in [1.82, 2.24) is 19.7 Å². The fourth-order valence-electron chi connectivity index (χ4n) is 4.64. The maximum atomic E-state index is 10.1. The molecule has 0 N–H and O–H groups in total. The predicted molar refractivity (Wildman–Crippen MR) is 138 cm³/mol. The van der Waals surface area contributed by atoms with Crippen LogP contribution in [0.3, 0.4) is 0 Å². The number of methoxy groups -OCH3 is 1. The molecule has 0 radical (unpaired) electrons. The van der Waals surface area contributed by atoms with Gasteiger partial charge in [-0.3, -0.25) is 9.67 Å². The van der Waals surface area contributed by atoms with E-state index in [1.807, 2.05) is 41.2 Å². The van der Waals surface area contributed by atoms with E-state index in [-0.39, 0.29) is 0 Å². The van der Waals surface area contributed by atoms with Gasteiger partial charge in [-0.15, -0.1) is 0 Å². The molecule has 0 spiro atoms. The highest BCUT2D eigenvalue weighted by Crippen LogP contribution is 2.34. The third kappa shape index (κ3) is 4.93. The van der Waals surface area contributed by atoms with Gasteiger partial charge in [-0.25, -0.2) is 4.98 Å². The van der Waals surface area contributed by atoms with Crippen LogP contribution in [0.5, 0.6) is 11.5 Å². The molecule has 1 saturated carbocycles. The normalized spacial score (nSPS) is 15.5. The van der Waals surface area contributed by atoms with Crippen molar-refractivity contribution in [3.05, 3.63) is 71.2 Å². The molecule has 4 aromatic rings. The third-order valence-electron chi connectivity index (χ3n) is 6.83. The highest BCUT2D eigenvalue weighted by molar-refractivity contribution is 5.83. The largest absolute Gasteiger partial charge is 0.493 e. The Balaban J connectivity index is 1.22. The first-order chi connectivity index (χ1) is 18.2. The second-order valence-electron chi connectivity index (χ2n) is 9.42. The number of anilines is 1. The Kier molecular flexibility index (Phi) is 6.33. The number of aromatic nitrogens is 4. The van der Waals surface area contributed by atoms with Gasteiger partial charge in [0, 0.05) is 24.8 Å². The summed E-state index contributed by atoms with van der Waals surface area (Å²) < 4.78 is 19.1. The second-order valence-corrected chi connectivity index (χ2v) is 9.42. The summed E-state index contributed by atoms with van der Waals surface area (Å²) in [6, 6.07) is 12.7. The Hall–Kier alpha value is -4.16. The maximum Gasteiger partial charge on any atom is 0.161 e. The van der Waals surface area contributed by atoms with Gasteiger partial charge in [-0.2, -0.15) is 10.4 Å². The fourth-order valence-corrected chi connectivity index (χ4v) is 4.64. The maximum absolute atomic E-state index is 10.1. The average Bonchev–Trinajstić information content (AvgIpc) is 3.69. The molecule has 188 valence electrons. The SMILES string of the molecule is COc1cc(Cc2ccc3ncc(N4CCOCC4)nc3c2C#N)ccc1OCc1cnn(C2CC2)c1. The quantitative estimate of drug-likeness (QED) is 0.360. The number of hydrogen-bond acceptors (Lipinski definition) is 8. The summed E-state index contributed by atoms with van der Waals surface area (Å²) in [5, 5.41) is 14.5. The van der Waals surface area contributed by atoms with Crippen LogP contribution in [0.25, 0.3) is 11.0 Å². The first kappa shape index (κ1) is 23.3. The zero-order valence-corrected chi connectivity index (χ0v) is 20.8. The van der Waals surface area contributed by atoms with Crippen LogP contribution in [0.2, 0.25) is 0 Å². The lowest BCUT2D eigenvalue weighted by atomic mass is 9.98. The third-order valence-corrected chi connectivity index (χ3v) is 6.83. The molecular weight excluding hydrogens is 468 g/mol. The summed E-state index contributed by atoms with van der Waals surface area (Å²) in [7, 11) is 1.64. The highest BCUT2D eigenvalue weighted by Gasteiger charge is 2.24. The lowest BCUT2D eigenvalue weighted by Crippen LogP contribution is -2.36. The van der Waals surface area contributed by atoms with Crippen molar-refractivity contribution in [3.8, 4) is 17.6 Å². The second kappa shape index (κ2) is 10.1. The van der Waals surface area contributed by atoms with Crippen molar-refractivity contribution in [2.75, 3.05) is 38.3 Å². The molecule has 1 aliphatic heterocycles. The van der Waals surface area contributed by atoms with Crippen LogP contribution in [-0.2, 0) is 17.8 Å². The van der Waals surface area contributed by atoms with Crippen molar-refractivity contribution in [2.45, 2.75) is 31.9 Å². The number of rotatable bonds is 8. The number of morpholine rings is 1. The summed E-state index contributed by atoms with van der Waals surface area (Å²) in [6.07, 6.45) is 8.64. The molecule has 2 aliphatic rings. The highest BCUT2D eigenvalue weighted by atomic mass is 16.5. The van der Waals surface area contributed by atoms with Gasteiger partial charge < -0.3 is 19.1 Å². The Morgan fingerprint density at radius 1 is 1.08 bits per heavy atom. The van der Waals surface area contributed by atoms with E-state index in [1.165, 1.54) is 12.8 Å². The standard InChI is InChI=1S/C28H28N6O3/c1-35-26-13-19(2-7-25(26)37-18-20-15-31-34(17-20)22-4-5-22)12-21-3-6-24-28(23(21)14-29)32-27(16-30-24)33-8-10-36-11-9-33/h2-3,6-7,13,15-17,22H,4-5,8-12,18H2,1H3. The van der Waals surface area contributed by atoms with Gasteiger partial charge in [0.05, 0.1) is 49.8 Å². The Labute approximate surface area is 215 Å². The number of fused-ring (bicyclic) bond motifs is 1. The summed E-state index contributed by atoms with van der Waals surface area (Å²) >= 11 is 0. The minimum absolute atomic E-state index is 0.426. The summed E-state index contributed by atoms with van der Waals surface area (Å²) in [5.41, 5.74) is 4.83. The van der Waals surface area contributed by atoms with Gasteiger partial charge in [0.1, 0.15) is 24.0 Å². The molecule has 9 heteroatoms. The van der Waals surface area contributed by atoms with Crippen molar-refractivity contribution < 1.29 is 14.2 Å². The van der Waals surface area contributed by atoms with E-state index in [1.54, 1.807) is 13.3 Å². The van der Waals surface area contributed by atoms with E-state index in [9.17, 15) is 5.26 Å². The zero-order chi connectivity index (χ0) is 25.2. The van der Waals surface area contributed by atoms with Gasteiger partial charge in [-0.1, -0.05) is 12.1 Å². The van der Waals surface area contributed by atoms with Crippen LogP contribution >= 0.6 is 0 Å². The molecule has 0 bridgehead atoms. The monoisotopic (exact) mass is 496 g/mol. The van der Waals surface area contributed by atoms with E-state index in [0.717, 1.165) is 35.6 Å². The fraction of sp³-hybridized carbons (Fsp3) is 0.357. The van der Waals surface area contributed by atoms with E-state index in [2.05, 4.69) is 27.2 Å². The van der Waals surface area contributed by atoms with Gasteiger partial charge in [-0.05, 0) is 48.6 Å². The van der Waals surface area contributed by atoms with Crippen LogP contribution in [0.4, 0.5) is 5.82 Å². The van der Waals surface area contributed by atoms with Gasteiger partial charge in [0.15, 0.2) is 11.5 Å². The molecule has 1 saturated heterocycles. The summed E-state index contributed by atoms with van der Waals surface area (Å²) in [4.78, 5) is 11.5. The summed E-state index contributed by atoms with van der Waals surface area (Å²) in [5.74, 6) is 2.10. The first-order valence-corrected chi connectivity index (χ1v) is 12.6. The molecule has 2 aromatic carbocycles. The molecule has 2 fully saturated rings. The van der Waals surface area contributed by atoms with Crippen molar-refractivity contribution in [1.29, 1.82) is 5.26 Å². The van der Waals surface area contributed by atoms with E-state index in [4.69, 9.17) is 19.2 Å². The van der Waals surface area contributed by atoms with Crippen molar-refractivity contribution in [2.24, 2.45) is 0 Å². The minimum Gasteiger partial charge on any atom is -0.493 e. The molecule has 0 amide bonds. The Bertz CT molecular complexity index is 1470. The number of nitriles is 1. The molecule has 3 heterocycles. The van der Waals surface area contributed by atoms with Crippen LogP contribution in [0.1, 0.15) is 41.1 Å². The van der Waals surface area contributed by atoms with Gasteiger partial charge >= 0.3 is 0 Å². The number of benzene rings is 2. The van der Waals surface area contributed by atoms with Crippen LogP contribution in [0, 0.1) is 11.3 Å². The lowest BCUT2D eigenvalue weighted by Gasteiger charge is -2.27. The molecule has 0 unspecified atom stereocenters. The van der Waals surface area contributed by atoms with E-state index < -0.39 is 0 Å². The Morgan fingerprint density at radius 2 is 1.95 bits per heavy atom. The Morgan fingerprint density at radius 3 is 2.73 bits per heavy atom. The predicted octanol–water partition coefficient (Wildman–Crippen LogP) is 4.05. The topological polar surface area (TPSA) is 98.3 Å². The van der Waals surface area contributed by atoms with Crippen LogP contribution in [0.15, 0.2) is 48.9 Å². The zero-order valence-electron chi connectivity index (χ0n) is 20.8.